The molecular formula is C54H35N3S. The van der Waals surface area contributed by atoms with Gasteiger partial charge in [-0.2, -0.15) is 0 Å². The Morgan fingerprint density at radius 2 is 1.02 bits per heavy atom. The molecule has 0 aliphatic heterocycles. The van der Waals surface area contributed by atoms with E-state index in [1.807, 2.05) is 11.3 Å². The van der Waals surface area contributed by atoms with Gasteiger partial charge in [0.05, 0.1) is 16.6 Å². The van der Waals surface area contributed by atoms with E-state index in [1.54, 1.807) is 0 Å². The molecular weight excluding hydrogens is 723 g/mol. The molecule has 58 heavy (non-hydrogen) atoms. The predicted octanol–water partition coefficient (Wildman–Crippen LogP) is 15.4. The van der Waals surface area contributed by atoms with Gasteiger partial charge in [-0.15, -0.1) is 11.3 Å². The molecule has 0 saturated heterocycles. The highest BCUT2D eigenvalue weighted by molar-refractivity contribution is 7.25. The van der Waals surface area contributed by atoms with Crippen molar-refractivity contribution in [1.82, 2.24) is 9.13 Å². The van der Waals surface area contributed by atoms with Crippen LogP contribution in [0.1, 0.15) is 0 Å². The number of hydrogen-bond acceptors (Lipinski definition) is 2. The first-order valence-electron chi connectivity index (χ1n) is 19.7. The van der Waals surface area contributed by atoms with Crippen LogP contribution in [0.15, 0.2) is 212 Å². The molecule has 4 heteroatoms. The minimum absolute atomic E-state index is 1.12. The molecule has 9 aromatic carbocycles. The first-order chi connectivity index (χ1) is 28.7. The van der Waals surface area contributed by atoms with Crippen LogP contribution in [0.5, 0.6) is 0 Å². The second kappa shape index (κ2) is 13.1. The number of thiophene rings is 1. The largest absolute Gasteiger partial charge is 0.316 e. The lowest BCUT2D eigenvalue weighted by molar-refractivity contribution is 1.13. The van der Waals surface area contributed by atoms with Crippen molar-refractivity contribution in [3.8, 4) is 22.5 Å². The van der Waals surface area contributed by atoms with Crippen molar-refractivity contribution in [2.75, 3.05) is 4.90 Å². The van der Waals surface area contributed by atoms with E-state index >= 15 is 0 Å². The smallest absolute Gasteiger partial charge is 0.0628 e. The van der Waals surface area contributed by atoms with E-state index in [0.29, 0.717) is 0 Å². The second-order valence-corrected chi connectivity index (χ2v) is 16.1. The number of hydrogen-bond donors (Lipinski definition) is 0. The molecule has 0 fully saturated rings. The molecule has 0 bridgehead atoms. The van der Waals surface area contributed by atoms with Crippen LogP contribution in [0.25, 0.3) is 86.2 Å². The Kier molecular flexibility index (Phi) is 7.40. The normalized spacial score (nSPS) is 11.8. The molecule has 0 saturated carbocycles. The average Bonchev–Trinajstić information content (AvgIpc) is 3.99. The molecule has 0 aliphatic carbocycles. The number of aromatic nitrogens is 2. The number of anilines is 3. The van der Waals surface area contributed by atoms with Gasteiger partial charge in [0.2, 0.25) is 0 Å². The number of rotatable bonds is 6. The Morgan fingerprint density at radius 1 is 0.379 bits per heavy atom. The molecule has 12 aromatic rings. The summed E-state index contributed by atoms with van der Waals surface area (Å²) in [4.78, 5) is 2.39. The molecule has 0 spiro atoms. The first kappa shape index (κ1) is 32.8. The minimum Gasteiger partial charge on any atom is -0.316 e. The topological polar surface area (TPSA) is 13.1 Å². The quantitative estimate of drug-likeness (QED) is 0.165. The number of para-hydroxylation sites is 2. The molecule has 3 heterocycles. The molecule has 0 unspecified atom stereocenters. The van der Waals surface area contributed by atoms with Crippen molar-refractivity contribution < 1.29 is 0 Å². The van der Waals surface area contributed by atoms with Gasteiger partial charge in [0.25, 0.3) is 0 Å². The minimum atomic E-state index is 1.12. The van der Waals surface area contributed by atoms with Gasteiger partial charge in [-0.05, 0) is 113 Å². The molecule has 0 radical (unpaired) electrons. The van der Waals surface area contributed by atoms with E-state index < -0.39 is 0 Å². The molecule has 0 amide bonds. The molecule has 0 N–H and O–H groups in total. The zero-order chi connectivity index (χ0) is 38.2. The van der Waals surface area contributed by atoms with Crippen LogP contribution in [-0.2, 0) is 0 Å². The van der Waals surface area contributed by atoms with Crippen molar-refractivity contribution in [3.63, 3.8) is 0 Å². The van der Waals surface area contributed by atoms with Gasteiger partial charge in [0, 0.05) is 71.0 Å². The Hall–Kier alpha value is -7.40. The first-order valence-corrected chi connectivity index (χ1v) is 20.6. The maximum Gasteiger partial charge on any atom is 0.0628 e. The lowest BCUT2D eigenvalue weighted by Gasteiger charge is -2.26. The second-order valence-electron chi connectivity index (χ2n) is 15.0. The molecule has 12 rings (SSSR count). The maximum absolute atomic E-state index is 2.39. The van der Waals surface area contributed by atoms with Crippen molar-refractivity contribution >= 4 is 92.1 Å². The standard InChI is InChI=1S/C54H35N3S/c1-2-12-42(13-3-1)57-49-16-8-6-15-47(49)53-50(57)30-23-39-32-33-55(54(39)53)41-24-18-37(19-25-41)38-20-26-43(27-21-38)56(44-28-22-36-10-4-5-11-40(36)34-44)45-29-31-52-48(35-45)46-14-7-9-17-51(46)58-52/h1-35H. The van der Waals surface area contributed by atoms with Gasteiger partial charge in [0.15, 0.2) is 0 Å². The Balaban J connectivity index is 0.930. The lowest BCUT2D eigenvalue weighted by Crippen LogP contribution is -2.09. The van der Waals surface area contributed by atoms with Crippen molar-refractivity contribution in [3.05, 3.63) is 212 Å². The molecule has 0 atom stereocenters. The lowest BCUT2D eigenvalue weighted by atomic mass is 10.0. The van der Waals surface area contributed by atoms with Crippen LogP contribution in [-0.4, -0.2) is 9.13 Å². The predicted molar refractivity (Wildman–Crippen MR) is 248 cm³/mol. The van der Waals surface area contributed by atoms with Crippen molar-refractivity contribution in [1.29, 1.82) is 0 Å². The third-order valence-corrected chi connectivity index (χ3v) is 12.9. The zero-order valence-corrected chi connectivity index (χ0v) is 32.3. The van der Waals surface area contributed by atoms with Crippen LogP contribution >= 0.6 is 11.3 Å². The Labute approximate surface area is 339 Å². The average molecular weight is 758 g/mol. The summed E-state index contributed by atoms with van der Waals surface area (Å²) in [7, 11) is 0. The van der Waals surface area contributed by atoms with Gasteiger partial charge in [-0.25, -0.2) is 0 Å². The molecule has 0 aliphatic rings. The van der Waals surface area contributed by atoms with E-state index in [0.717, 1.165) is 22.7 Å². The Morgan fingerprint density at radius 3 is 1.86 bits per heavy atom. The molecule has 272 valence electrons. The van der Waals surface area contributed by atoms with Crippen molar-refractivity contribution in [2.24, 2.45) is 0 Å². The zero-order valence-electron chi connectivity index (χ0n) is 31.5. The van der Waals surface area contributed by atoms with Crippen LogP contribution in [0.3, 0.4) is 0 Å². The summed E-state index contributed by atoms with van der Waals surface area (Å²) in [5.74, 6) is 0. The van der Waals surface area contributed by atoms with Gasteiger partial charge in [-0.3, -0.25) is 0 Å². The van der Waals surface area contributed by atoms with E-state index in [-0.39, 0.29) is 0 Å². The van der Waals surface area contributed by atoms with Crippen LogP contribution < -0.4 is 4.90 Å². The van der Waals surface area contributed by atoms with E-state index in [2.05, 4.69) is 226 Å². The third kappa shape index (κ3) is 5.19. The maximum atomic E-state index is 2.39. The van der Waals surface area contributed by atoms with E-state index in [4.69, 9.17) is 0 Å². The van der Waals surface area contributed by atoms with Crippen LogP contribution in [0.2, 0.25) is 0 Å². The summed E-state index contributed by atoms with van der Waals surface area (Å²) in [6.45, 7) is 0. The molecule has 3 aromatic heterocycles. The van der Waals surface area contributed by atoms with Gasteiger partial charge in [0.1, 0.15) is 0 Å². The highest BCUT2D eigenvalue weighted by Gasteiger charge is 2.19. The highest BCUT2D eigenvalue weighted by Crippen LogP contribution is 2.42. The number of benzene rings is 9. The third-order valence-electron chi connectivity index (χ3n) is 11.7. The van der Waals surface area contributed by atoms with Crippen LogP contribution in [0, 0.1) is 0 Å². The summed E-state index contributed by atoms with van der Waals surface area (Å²) in [5.41, 5.74) is 11.7. The summed E-state index contributed by atoms with van der Waals surface area (Å²) < 4.78 is 7.36. The van der Waals surface area contributed by atoms with Crippen molar-refractivity contribution in [2.45, 2.75) is 0 Å². The summed E-state index contributed by atoms with van der Waals surface area (Å²) in [6.07, 6.45) is 2.21. The van der Waals surface area contributed by atoms with Gasteiger partial charge >= 0.3 is 0 Å². The summed E-state index contributed by atoms with van der Waals surface area (Å²) >= 11 is 1.86. The summed E-state index contributed by atoms with van der Waals surface area (Å²) in [6, 6.07) is 75.2. The fraction of sp³-hybridized carbons (Fsp3) is 0. The fourth-order valence-electron chi connectivity index (χ4n) is 8.99. The SMILES string of the molecule is c1ccc(-n2c3ccccc3c3c4c(ccc32)ccn4-c2ccc(-c3ccc(N(c4ccc5ccccc5c4)c4ccc5sc6ccccc6c5c4)cc3)cc2)cc1. The fourth-order valence-corrected chi connectivity index (χ4v) is 10.1. The van der Waals surface area contributed by atoms with E-state index in [1.165, 1.54) is 80.5 Å². The highest BCUT2D eigenvalue weighted by atomic mass is 32.1. The van der Waals surface area contributed by atoms with Gasteiger partial charge < -0.3 is 14.0 Å². The molecule has 3 nitrogen and oxygen atoms in total. The van der Waals surface area contributed by atoms with Gasteiger partial charge in [-0.1, -0.05) is 115 Å². The summed E-state index contributed by atoms with van der Waals surface area (Å²) in [5, 5.41) is 8.80. The van der Waals surface area contributed by atoms with E-state index in [9.17, 15) is 0 Å². The number of fused-ring (bicyclic) bond motifs is 9. The van der Waals surface area contributed by atoms with Crippen LogP contribution in [0.4, 0.5) is 17.1 Å². The number of nitrogens with zero attached hydrogens (tertiary/aromatic N) is 3. The Bertz CT molecular complexity index is 3500. The monoisotopic (exact) mass is 757 g/mol.